The first-order chi connectivity index (χ1) is 8.09. The summed E-state index contributed by atoms with van der Waals surface area (Å²) in [6.45, 7) is 4.32. The Balaban J connectivity index is 2.05. The van der Waals surface area contributed by atoms with Crippen molar-refractivity contribution in [2.45, 2.75) is 20.4 Å². The highest BCUT2D eigenvalue weighted by Crippen LogP contribution is 2.11. The lowest BCUT2D eigenvalue weighted by Crippen LogP contribution is -2.24. The Morgan fingerprint density at radius 2 is 2.29 bits per heavy atom. The summed E-state index contributed by atoms with van der Waals surface area (Å²) in [7, 11) is 1.88. The molecule has 2 N–H and O–H groups in total. The van der Waals surface area contributed by atoms with E-state index in [1.807, 2.05) is 20.9 Å². The van der Waals surface area contributed by atoms with Crippen LogP contribution in [0.4, 0.5) is 0 Å². The number of aromatic nitrogens is 5. The average molecular weight is 234 g/mol. The van der Waals surface area contributed by atoms with Crippen LogP contribution < -0.4 is 5.32 Å². The number of carbonyl (C=O) groups excluding carboxylic acids is 1. The van der Waals surface area contributed by atoms with Gasteiger partial charge in [-0.05, 0) is 13.8 Å². The molecular formula is C10H14N6O. The van der Waals surface area contributed by atoms with Crippen LogP contribution in [0.25, 0.3) is 0 Å². The molecule has 0 saturated heterocycles. The van der Waals surface area contributed by atoms with E-state index in [1.165, 1.54) is 6.33 Å². The molecular weight excluding hydrogens is 220 g/mol. The van der Waals surface area contributed by atoms with E-state index in [9.17, 15) is 4.79 Å². The largest absolute Gasteiger partial charge is 0.345 e. The van der Waals surface area contributed by atoms with Gasteiger partial charge in [-0.1, -0.05) is 0 Å². The summed E-state index contributed by atoms with van der Waals surface area (Å²) < 4.78 is 1.80. The zero-order chi connectivity index (χ0) is 12.4. The van der Waals surface area contributed by atoms with Crippen molar-refractivity contribution in [3.8, 4) is 0 Å². The standard InChI is InChI=1S/C10H14N6O/c1-6-8(7(2)16(3)15-6)4-11-10(17)9-12-5-13-14-9/h5H,4H2,1-3H3,(H,11,17)(H,12,13,14). The van der Waals surface area contributed by atoms with Gasteiger partial charge in [-0.3, -0.25) is 14.6 Å². The summed E-state index contributed by atoms with van der Waals surface area (Å²) in [6, 6.07) is 0. The van der Waals surface area contributed by atoms with Gasteiger partial charge in [0.15, 0.2) is 0 Å². The van der Waals surface area contributed by atoms with Crippen molar-refractivity contribution in [3.05, 3.63) is 29.1 Å². The third kappa shape index (κ3) is 2.17. The van der Waals surface area contributed by atoms with E-state index in [4.69, 9.17) is 0 Å². The third-order valence-corrected chi connectivity index (χ3v) is 2.71. The summed E-state index contributed by atoms with van der Waals surface area (Å²) in [5.41, 5.74) is 2.99. The van der Waals surface area contributed by atoms with Gasteiger partial charge in [-0.25, -0.2) is 4.98 Å². The van der Waals surface area contributed by atoms with E-state index < -0.39 is 0 Å². The van der Waals surface area contributed by atoms with Crippen LogP contribution in [0, 0.1) is 13.8 Å². The van der Waals surface area contributed by atoms with Gasteiger partial charge in [0.05, 0.1) is 5.69 Å². The lowest BCUT2D eigenvalue weighted by atomic mass is 10.2. The van der Waals surface area contributed by atoms with E-state index in [0.717, 1.165) is 17.0 Å². The molecule has 0 aliphatic carbocycles. The topological polar surface area (TPSA) is 88.5 Å². The van der Waals surface area contributed by atoms with Crippen LogP contribution in [0.15, 0.2) is 6.33 Å². The molecule has 2 rings (SSSR count). The highest BCUT2D eigenvalue weighted by atomic mass is 16.2. The maximum absolute atomic E-state index is 11.6. The van der Waals surface area contributed by atoms with Crippen LogP contribution in [-0.2, 0) is 13.6 Å². The SMILES string of the molecule is Cc1nn(C)c(C)c1CNC(=O)c1ncn[nH]1. The Bertz CT molecular complexity index is 527. The van der Waals surface area contributed by atoms with Crippen LogP contribution >= 0.6 is 0 Å². The first-order valence-electron chi connectivity index (χ1n) is 5.22. The second-order valence-corrected chi connectivity index (χ2v) is 3.79. The van der Waals surface area contributed by atoms with Gasteiger partial charge in [0.25, 0.3) is 5.91 Å². The number of hydrogen-bond acceptors (Lipinski definition) is 4. The number of nitrogens with one attached hydrogen (secondary N) is 2. The van der Waals surface area contributed by atoms with Gasteiger partial charge in [-0.15, -0.1) is 0 Å². The maximum Gasteiger partial charge on any atom is 0.288 e. The fourth-order valence-electron chi connectivity index (χ4n) is 1.64. The number of aromatic amines is 1. The molecule has 0 aliphatic rings. The van der Waals surface area contributed by atoms with Gasteiger partial charge >= 0.3 is 0 Å². The molecule has 2 aromatic rings. The smallest absolute Gasteiger partial charge is 0.288 e. The fourth-order valence-corrected chi connectivity index (χ4v) is 1.64. The van der Waals surface area contributed by atoms with Gasteiger partial charge in [0, 0.05) is 24.8 Å². The van der Waals surface area contributed by atoms with E-state index in [2.05, 4.69) is 25.6 Å². The summed E-state index contributed by atoms with van der Waals surface area (Å²) in [5.74, 6) is -0.0608. The molecule has 2 aromatic heterocycles. The minimum Gasteiger partial charge on any atom is -0.345 e. The molecule has 0 spiro atoms. The summed E-state index contributed by atoms with van der Waals surface area (Å²) in [6.07, 6.45) is 1.30. The van der Waals surface area contributed by atoms with Crippen molar-refractivity contribution < 1.29 is 4.79 Å². The molecule has 1 amide bonds. The van der Waals surface area contributed by atoms with Crippen molar-refractivity contribution in [2.75, 3.05) is 0 Å². The van der Waals surface area contributed by atoms with Crippen LogP contribution in [0.3, 0.4) is 0 Å². The summed E-state index contributed by atoms with van der Waals surface area (Å²) >= 11 is 0. The third-order valence-electron chi connectivity index (χ3n) is 2.71. The Hall–Kier alpha value is -2.18. The molecule has 0 unspecified atom stereocenters. The summed E-state index contributed by atoms with van der Waals surface area (Å²) in [5, 5.41) is 13.2. The van der Waals surface area contributed by atoms with Crippen molar-refractivity contribution in [2.24, 2.45) is 7.05 Å². The van der Waals surface area contributed by atoms with E-state index in [1.54, 1.807) is 4.68 Å². The van der Waals surface area contributed by atoms with Crippen molar-refractivity contribution in [1.29, 1.82) is 0 Å². The molecule has 0 aromatic carbocycles. The quantitative estimate of drug-likeness (QED) is 0.787. The van der Waals surface area contributed by atoms with Gasteiger partial charge in [0.1, 0.15) is 6.33 Å². The van der Waals surface area contributed by atoms with Crippen LogP contribution in [0.1, 0.15) is 27.6 Å². The van der Waals surface area contributed by atoms with E-state index in [0.29, 0.717) is 6.54 Å². The van der Waals surface area contributed by atoms with Crippen LogP contribution in [-0.4, -0.2) is 30.9 Å². The molecule has 17 heavy (non-hydrogen) atoms. The first kappa shape index (κ1) is 11.3. The number of hydrogen-bond donors (Lipinski definition) is 2. The van der Waals surface area contributed by atoms with Crippen molar-refractivity contribution in [3.63, 3.8) is 0 Å². The molecule has 0 radical (unpaired) electrons. The molecule has 7 nitrogen and oxygen atoms in total. The van der Waals surface area contributed by atoms with E-state index in [-0.39, 0.29) is 11.7 Å². The number of nitrogens with zero attached hydrogens (tertiary/aromatic N) is 4. The van der Waals surface area contributed by atoms with Gasteiger partial charge in [-0.2, -0.15) is 10.2 Å². The summed E-state index contributed by atoms with van der Waals surface area (Å²) in [4.78, 5) is 15.4. The Morgan fingerprint density at radius 1 is 1.53 bits per heavy atom. The number of rotatable bonds is 3. The molecule has 0 fully saturated rings. The molecule has 90 valence electrons. The van der Waals surface area contributed by atoms with Crippen LogP contribution in [0.5, 0.6) is 0 Å². The highest BCUT2D eigenvalue weighted by Gasteiger charge is 2.12. The number of aryl methyl sites for hydroxylation is 2. The molecule has 2 heterocycles. The molecule has 0 saturated carbocycles. The second kappa shape index (κ2) is 4.36. The minimum atomic E-state index is -0.273. The predicted octanol–water partition coefficient (Wildman–Crippen LogP) is 0.0850. The highest BCUT2D eigenvalue weighted by molar-refractivity contribution is 5.90. The lowest BCUT2D eigenvalue weighted by molar-refractivity contribution is 0.0941. The molecule has 7 heteroatoms. The predicted molar refractivity (Wildman–Crippen MR) is 60.2 cm³/mol. The second-order valence-electron chi connectivity index (χ2n) is 3.79. The van der Waals surface area contributed by atoms with Crippen molar-refractivity contribution >= 4 is 5.91 Å². The Labute approximate surface area is 98.2 Å². The monoisotopic (exact) mass is 234 g/mol. The average Bonchev–Trinajstić information content (AvgIpc) is 2.88. The first-order valence-corrected chi connectivity index (χ1v) is 5.22. The van der Waals surface area contributed by atoms with Gasteiger partial charge in [0.2, 0.25) is 5.82 Å². The zero-order valence-corrected chi connectivity index (χ0v) is 9.98. The lowest BCUT2D eigenvalue weighted by Gasteiger charge is -2.03. The normalized spacial score (nSPS) is 10.5. The van der Waals surface area contributed by atoms with Gasteiger partial charge < -0.3 is 5.32 Å². The number of amides is 1. The molecule has 0 atom stereocenters. The Morgan fingerprint density at radius 3 is 2.82 bits per heavy atom. The molecule has 0 bridgehead atoms. The molecule has 0 aliphatic heterocycles. The van der Waals surface area contributed by atoms with Crippen LogP contribution in [0.2, 0.25) is 0 Å². The number of carbonyl (C=O) groups is 1. The zero-order valence-electron chi connectivity index (χ0n) is 9.98. The van der Waals surface area contributed by atoms with Crippen molar-refractivity contribution in [1.82, 2.24) is 30.3 Å². The Kier molecular flexibility index (Phi) is 2.90. The number of H-pyrrole nitrogens is 1. The minimum absolute atomic E-state index is 0.212. The van der Waals surface area contributed by atoms with E-state index >= 15 is 0 Å². The maximum atomic E-state index is 11.6. The fraction of sp³-hybridized carbons (Fsp3) is 0.400.